The van der Waals surface area contributed by atoms with Gasteiger partial charge in [0.15, 0.2) is 0 Å². The Morgan fingerprint density at radius 2 is 2.00 bits per heavy atom. The number of carbonyl (C=O) groups excluding carboxylic acids is 1. The SMILES string of the molecule is COc1ccc(F)cc1C(=O)Nc1ccnn1Cc1ccc(Br)cc1. The summed E-state index contributed by atoms with van der Waals surface area (Å²) in [7, 11) is 1.43. The van der Waals surface area contributed by atoms with Crippen LogP contribution in [-0.4, -0.2) is 22.8 Å². The van der Waals surface area contributed by atoms with Crippen molar-refractivity contribution in [1.82, 2.24) is 9.78 Å². The summed E-state index contributed by atoms with van der Waals surface area (Å²) in [5, 5.41) is 6.97. The van der Waals surface area contributed by atoms with Crippen LogP contribution in [0.4, 0.5) is 10.2 Å². The van der Waals surface area contributed by atoms with Gasteiger partial charge in [-0.05, 0) is 35.9 Å². The van der Waals surface area contributed by atoms with Crippen LogP contribution in [0, 0.1) is 5.82 Å². The topological polar surface area (TPSA) is 56.1 Å². The molecule has 2 aromatic carbocycles. The molecule has 0 unspecified atom stereocenters. The first-order valence-corrected chi connectivity index (χ1v) is 8.27. The first kappa shape index (κ1) is 17.2. The molecule has 1 aromatic heterocycles. The molecule has 25 heavy (non-hydrogen) atoms. The van der Waals surface area contributed by atoms with E-state index in [1.807, 2.05) is 24.3 Å². The van der Waals surface area contributed by atoms with Gasteiger partial charge < -0.3 is 10.1 Å². The number of carbonyl (C=O) groups is 1. The summed E-state index contributed by atoms with van der Waals surface area (Å²) in [5.74, 6) is -0.152. The predicted molar refractivity (Wildman–Crippen MR) is 96.4 cm³/mol. The normalized spacial score (nSPS) is 10.5. The Kier molecular flexibility index (Phi) is 5.14. The Bertz CT molecular complexity index is 894. The fourth-order valence-corrected chi connectivity index (χ4v) is 2.63. The smallest absolute Gasteiger partial charge is 0.260 e. The highest BCUT2D eigenvalue weighted by Gasteiger charge is 2.15. The van der Waals surface area contributed by atoms with E-state index in [9.17, 15) is 9.18 Å². The molecule has 0 fully saturated rings. The van der Waals surface area contributed by atoms with E-state index >= 15 is 0 Å². The van der Waals surface area contributed by atoms with Crippen molar-refractivity contribution >= 4 is 27.7 Å². The van der Waals surface area contributed by atoms with Crippen molar-refractivity contribution in [3.8, 4) is 5.75 Å². The van der Waals surface area contributed by atoms with Crippen LogP contribution in [0.25, 0.3) is 0 Å². The lowest BCUT2D eigenvalue weighted by Gasteiger charge is -2.11. The van der Waals surface area contributed by atoms with Crippen LogP contribution >= 0.6 is 15.9 Å². The van der Waals surface area contributed by atoms with E-state index in [4.69, 9.17) is 4.74 Å². The number of aromatic nitrogens is 2. The van der Waals surface area contributed by atoms with Gasteiger partial charge in [-0.2, -0.15) is 5.10 Å². The number of nitrogens with zero attached hydrogens (tertiary/aromatic N) is 2. The maximum atomic E-state index is 13.5. The third kappa shape index (κ3) is 4.06. The van der Waals surface area contributed by atoms with Gasteiger partial charge in [0.25, 0.3) is 5.91 Å². The molecule has 0 saturated carbocycles. The number of methoxy groups -OCH3 is 1. The van der Waals surface area contributed by atoms with E-state index in [1.54, 1.807) is 16.9 Å². The molecule has 1 N–H and O–H groups in total. The van der Waals surface area contributed by atoms with Crippen LogP contribution in [0.2, 0.25) is 0 Å². The van der Waals surface area contributed by atoms with Gasteiger partial charge in [-0.15, -0.1) is 0 Å². The average Bonchev–Trinajstić information content (AvgIpc) is 3.03. The van der Waals surface area contributed by atoms with Crippen molar-refractivity contribution in [1.29, 1.82) is 0 Å². The highest BCUT2D eigenvalue weighted by molar-refractivity contribution is 9.10. The van der Waals surface area contributed by atoms with Crippen molar-refractivity contribution < 1.29 is 13.9 Å². The summed E-state index contributed by atoms with van der Waals surface area (Å²) in [6.45, 7) is 0.496. The van der Waals surface area contributed by atoms with Gasteiger partial charge in [-0.25, -0.2) is 9.07 Å². The lowest BCUT2D eigenvalue weighted by molar-refractivity contribution is 0.102. The zero-order valence-electron chi connectivity index (χ0n) is 13.4. The van der Waals surface area contributed by atoms with E-state index in [2.05, 4.69) is 26.3 Å². The van der Waals surface area contributed by atoms with E-state index < -0.39 is 11.7 Å². The van der Waals surface area contributed by atoms with Gasteiger partial charge in [0.2, 0.25) is 0 Å². The molecule has 7 heteroatoms. The number of benzene rings is 2. The Labute approximate surface area is 152 Å². The highest BCUT2D eigenvalue weighted by atomic mass is 79.9. The lowest BCUT2D eigenvalue weighted by atomic mass is 10.2. The molecule has 1 heterocycles. The van der Waals surface area contributed by atoms with Gasteiger partial charge in [0.1, 0.15) is 17.4 Å². The van der Waals surface area contributed by atoms with Gasteiger partial charge in [-0.3, -0.25) is 4.79 Å². The zero-order chi connectivity index (χ0) is 17.8. The van der Waals surface area contributed by atoms with Crippen molar-refractivity contribution in [3.63, 3.8) is 0 Å². The minimum absolute atomic E-state index is 0.124. The molecule has 0 spiro atoms. The Hall–Kier alpha value is -2.67. The molecule has 0 radical (unpaired) electrons. The monoisotopic (exact) mass is 403 g/mol. The number of anilines is 1. The van der Waals surface area contributed by atoms with Crippen molar-refractivity contribution in [2.24, 2.45) is 0 Å². The van der Waals surface area contributed by atoms with E-state index in [0.29, 0.717) is 18.1 Å². The van der Waals surface area contributed by atoms with E-state index in [-0.39, 0.29) is 5.56 Å². The molecule has 0 aliphatic carbocycles. The fourth-order valence-electron chi connectivity index (χ4n) is 2.37. The third-order valence-corrected chi connectivity index (χ3v) is 4.14. The number of rotatable bonds is 5. The Balaban J connectivity index is 1.80. The van der Waals surface area contributed by atoms with Crippen LogP contribution in [0.5, 0.6) is 5.75 Å². The number of halogens is 2. The van der Waals surface area contributed by atoms with Gasteiger partial charge in [0.05, 0.1) is 25.4 Å². The molecule has 0 aliphatic heterocycles. The minimum atomic E-state index is -0.505. The average molecular weight is 404 g/mol. The molecule has 5 nitrogen and oxygen atoms in total. The maximum Gasteiger partial charge on any atom is 0.260 e. The molecular weight excluding hydrogens is 389 g/mol. The molecule has 1 amide bonds. The summed E-state index contributed by atoms with van der Waals surface area (Å²) >= 11 is 3.39. The molecular formula is C18H15BrFN3O2. The summed E-state index contributed by atoms with van der Waals surface area (Å²) in [4.78, 5) is 12.5. The summed E-state index contributed by atoms with van der Waals surface area (Å²) < 4.78 is 21.2. The maximum absolute atomic E-state index is 13.5. The van der Waals surface area contributed by atoms with Crippen molar-refractivity contribution in [2.75, 3.05) is 12.4 Å². The quantitative estimate of drug-likeness (QED) is 0.697. The summed E-state index contributed by atoms with van der Waals surface area (Å²) in [6.07, 6.45) is 1.59. The molecule has 0 bridgehead atoms. The molecule has 3 aromatic rings. The van der Waals surface area contributed by atoms with Gasteiger partial charge in [-0.1, -0.05) is 28.1 Å². The van der Waals surface area contributed by atoms with Crippen molar-refractivity contribution in [2.45, 2.75) is 6.54 Å². The van der Waals surface area contributed by atoms with Crippen molar-refractivity contribution in [3.05, 3.63) is 76.1 Å². The number of amides is 1. The predicted octanol–water partition coefficient (Wildman–Crippen LogP) is 4.09. The zero-order valence-corrected chi connectivity index (χ0v) is 15.0. The third-order valence-electron chi connectivity index (χ3n) is 3.61. The largest absolute Gasteiger partial charge is 0.496 e. The second-order valence-corrected chi connectivity index (χ2v) is 6.21. The first-order valence-electron chi connectivity index (χ1n) is 7.48. The molecule has 128 valence electrons. The second kappa shape index (κ2) is 7.48. The van der Waals surface area contributed by atoms with Crippen LogP contribution in [0.3, 0.4) is 0 Å². The highest BCUT2D eigenvalue weighted by Crippen LogP contribution is 2.21. The second-order valence-electron chi connectivity index (χ2n) is 5.30. The number of hydrogen-bond acceptors (Lipinski definition) is 3. The molecule has 3 rings (SSSR count). The first-order chi connectivity index (χ1) is 12.1. The van der Waals surface area contributed by atoms with Crippen LogP contribution in [0.1, 0.15) is 15.9 Å². The van der Waals surface area contributed by atoms with Gasteiger partial charge in [0, 0.05) is 10.5 Å². The van der Waals surface area contributed by atoms with E-state index in [0.717, 1.165) is 16.1 Å². The lowest BCUT2D eigenvalue weighted by Crippen LogP contribution is -2.17. The fraction of sp³-hybridized carbons (Fsp3) is 0.111. The summed E-state index contributed by atoms with van der Waals surface area (Å²) in [5.41, 5.74) is 1.16. The molecule has 0 atom stereocenters. The molecule has 0 aliphatic rings. The van der Waals surface area contributed by atoms with Crippen LogP contribution < -0.4 is 10.1 Å². The minimum Gasteiger partial charge on any atom is -0.496 e. The number of nitrogens with one attached hydrogen (secondary N) is 1. The van der Waals surface area contributed by atoms with Crippen LogP contribution in [-0.2, 0) is 6.54 Å². The molecule has 0 saturated heterocycles. The van der Waals surface area contributed by atoms with E-state index in [1.165, 1.54) is 19.2 Å². The number of ether oxygens (including phenoxy) is 1. The standard InChI is InChI=1S/C18H15BrFN3O2/c1-25-16-7-6-14(20)10-15(16)18(24)22-17-8-9-21-23(17)11-12-2-4-13(19)5-3-12/h2-10H,11H2,1H3,(H,22,24). The Morgan fingerprint density at radius 1 is 1.24 bits per heavy atom. The van der Waals surface area contributed by atoms with Crippen LogP contribution in [0.15, 0.2) is 59.2 Å². The number of hydrogen-bond donors (Lipinski definition) is 1. The van der Waals surface area contributed by atoms with Gasteiger partial charge >= 0.3 is 0 Å². The Morgan fingerprint density at radius 3 is 2.72 bits per heavy atom. The summed E-state index contributed by atoms with van der Waals surface area (Å²) in [6, 6.07) is 13.3.